The van der Waals surface area contributed by atoms with Gasteiger partial charge in [0.2, 0.25) is 0 Å². The van der Waals surface area contributed by atoms with E-state index in [2.05, 4.69) is 4.98 Å². The molecule has 0 unspecified atom stereocenters. The highest BCUT2D eigenvalue weighted by Gasteiger charge is 2.10. The van der Waals surface area contributed by atoms with Crippen molar-refractivity contribution in [3.63, 3.8) is 0 Å². The van der Waals surface area contributed by atoms with E-state index in [1.165, 1.54) is 6.07 Å². The molecule has 1 aromatic heterocycles. The molecule has 1 N–H and O–H groups in total. The lowest BCUT2D eigenvalue weighted by molar-refractivity contribution is 0.0496. The molecule has 124 valence electrons. The lowest BCUT2D eigenvalue weighted by Crippen LogP contribution is -2.18. The van der Waals surface area contributed by atoms with E-state index in [1.54, 1.807) is 16.7 Å². The van der Waals surface area contributed by atoms with Crippen molar-refractivity contribution in [2.75, 3.05) is 6.61 Å². The van der Waals surface area contributed by atoms with Gasteiger partial charge in [-0.05, 0) is 36.8 Å². The third-order valence-corrected chi connectivity index (χ3v) is 4.34. The van der Waals surface area contributed by atoms with Gasteiger partial charge in [-0.25, -0.2) is 9.59 Å². The average Bonchev–Trinajstić information content (AvgIpc) is 2.89. The van der Waals surface area contributed by atoms with Gasteiger partial charge in [0.25, 0.3) is 0 Å². The summed E-state index contributed by atoms with van der Waals surface area (Å²) in [5.41, 5.74) is 1.79. The normalized spacial score (nSPS) is 10.9. The third-order valence-electron chi connectivity index (χ3n) is 3.60. The highest BCUT2D eigenvalue weighted by atomic mass is 35.5. The van der Waals surface area contributed by atoms with Crippen molar-refractivity contribution in [2.24, 2.45) is 0 Å². The Morgan fingerprint density at radius 1 is 1.12 bits per heavy atom. The summed E-state index contributed by atoms with van der Waals surface area (Å²) in [5.74, 6) is -0.472. The average molecular weight is 365 g/mol. The lowest BCUT2D eigenvalue weighted by Gasteiger charge is -2.06. The summed E-state index contributed by atoms with van der Waals surface area (Å²) < 4.78 is 6.83. The van der Waals surface area contributed by atoms with Crippen LogP contribution in [-0.2, 0) is 11.3 Å². The zero-order valence-corrected chi connectivity index (χ0v) is 14.1. The first-order valence-corrected chi connectivity index (χ1v) is 8.11. The Bertz CT molecular complexity index is 946. The molecule has 0 amide bonds. The summed E-state index contributed by atoms with van der Waals surface area (Å²) in [5, 5.41) is 0.684. The number of esters is 1. The van der Waals surface area contributed by atoms with Crippen LogP contribution in [0.15, 0.2) is 47.3 Å². The summed E-state index contributed by atoms with van der Waals surface area (Å²) in [7, 11) is 0. The molecule has 0 aliphatic heterocycles. The molecule has 3 rings (SSSR count). The summed E-state index contributed by atoms with van der Waals surface area (Å²) in [6, 6.07) is 12.0. The van der Waals surface area contributed by atoms with Gasteiger partial charge in [0, 0.05) is 6.54 Å². The van der Waals surface area contributed by atoms with Gasteiger partial charge in [-0.1, -0.05) is 35.3 Å². The molecule has 0 radical (unpaired) electrons. The second kappa shape index (κ2) is 7.11. The van der Waals surface area contributed by atoms with Crippen molar-refractivity contribution in [2.45, 2.75) is 13.0 Å². The number of aryl methyl sites for hydroxylation is 1. The lowest BCUT2D eigenvalue weighted by atomic mass is 10.2. The molecule has 0 bridgehead atoms. The maximum Gasteiger partial charge on any atom is 0.338 e. The minimum Gasteiger partial charge on any atom is -0.462 e. The number of ether oxygens (including phenoxy) is 1. The van der Waals surface area contributed by atoms with E-state index in [1.807, 2.05) is 24.3 Å². The fraction of sp³-hybridized carbons (Fsp3) is 0.176. The van der Waals surface area contributed by atoms with E-state index in [-0.39, 0.29) is 12.3 Å². The van der Waals surface area contributed by atoms with E-state index in [0.29, 0.717) is 28.6 Å². The molecule has 2 aromatic carbocycles. The van der Waals surface area contributed by atoms with Gasteiger partial charge >= 0.3 is 11.7 Å². The monoisotopic (exact) mass is 364 g/mol. The maximum absolute atomic E-state index is 12.0. The fourth-order valence-corrected chi connectivity index (χ4v) is 2.72. The van der Waals surface area contributed by atoms with Gasteiger partial charge in [0.15, 0.2) is 0 Å². The van der Waals surface area contributed by atoms with Crippen LogP contribution in [0.2, 0.25) is 10.0 Å². The first-order valence-electron chi connectivity index (χ1n) is 7.36. The Morgan fingerprint density at radius 3 is 2.71 bits per heavy atom. The Balaban J connectivity index is 1.58. The number of aromatic amines is 1. The summed E-state index contributed by atoms with van der Waals surface area (Å²) in [6.07, 6.45) is 0.523. The number of aromatic nitrogens is 2. The van der Waals surface area contributed by atoms with Crippen LogP contribution in [0, 0.1) is 0 Å². The van der Waals surface area contributed by atoms with Crippen LogP contribution in [0.3, 0.4) is 0 Å². The van der Waals surface area contributed by atoms with E-state index in [9.17, 15) is 9.59 Å². The van der Waals surface area contributed by atoms with Gasteiger partial charge in [-0.15, -0.1) is 0 Å². The van der Waals surface area contributed by atoms with Crippen molar-refractivity contribution in [1.29, 1.82) is 0 Å². The van der Waals surface area contributed by atoms with Crippen LogP contribution in [-0.4, -0.2) is 22.1 Å². The minimum absolute atomic E-state index is 0.174. The molecule has 0 saturated heterocycles. The number of halogens is 2. The largest absolute Gasteiger partial charge is 0.462 e. The van der Waals surface area contributed by atoms with Crippen molar-refractivity contribution in [3.05, 3.63) is 68.6 Å². The fourth-order valence-electron chi connectivity index (χ4n) is 2.42. The molecule has 0 saturated carbocycles. The van der Waals surface area contributed by atoms with Crippen molar-refractivity contribution in [3.8, 4) is 0 Å². The van der Waals surface area contributed by atoms with Crippen molar-refractivity contribution in [1.82, 2.24) is 9.55 Å². The molecule has 1 heterocycles. The zero-order chi connectivity index (χ0) is 17.1. The standard InChI is InChI=1S/C17H14Cl2N2O3/c18-12-7-6-11(10-13(12)19)16(22)24-9-3-8-21-15-5-2-1-4-14(15)20-17(21)23/h1-2,4-7,10H,3,8-9H2,(H,20,23). The number of para-hydroxylation sites is 2. The maximum atomic E-state index is 12.0. The molecule has 7 heteroatoms. The zero-order valence-electron chi connectivity index (χ0n) is 12.6. The number of fused-ring (bicyclic) bond motifs is 1. The van der Waals surface area contributed by atoms with Crippen LogP contribution in [0.25, 0.3) is 11.0 Å². The van der Waals surface area contributed by atoms with Crippen molar-refractivity contribution < 1.29 is 9.53 Å². The topological polar surface area (TPSA) is 64.1 Å². The second-order valence-electron chi connectivity index (χ2n) is 5.22. The van der Waals surface area contributed by atoms with E-state index < -0.39 is 5.97 Å². The molecule has 3 aromatic rings. The van der Waals surface area contributed by atoms with E-state index in [4.69, 9.17) is 27.9 Å². The Morgan fingerprint density at radius 2 is 1.92 bits per heavy atom. The minimum atomic E-state index is -0.472. The predicted octanol–water partition coefficient (Wildman–Crippen LogP) is 3.88. The second-order valence-corrected chi connectivity index (χ2v) is 6.03. The van der Waals surface area contributed by atoms with Crippen LogP contribution in [0.1, 0.15) is 16.8 Å². The van der Waals surface area contributed by atoms with Gasteiger partial charge in [0.05, 0.1) is 33.2 Å². The molecular formula is C17H14Cl2N2O3. The molecule has 0 aliphatic carbocycles. The van der Waals surface area contributed by atoms with Crippen LogP contribution in [0.4, 0.5) is 0 Å². The number of hydrogen-bond donors (Lipinski definition) is 1. The number of nitrogens with one attached hydrogen (secondary N) is 1. The molecule has 0 fully saturated rings. The molecule has 24 heavy (non-hydrogen) atoms. The molecule has 0 aliphatic rings. The number of benzene rings is 2. The number of hydrogen-bond acceptors (Lipinski definition) is 3. The summed E-state index contributed by atoms with van der Waals surface area (Å²) in [6.45, 7) is 0.655. The first kappa shape index (κ1) is 16.6. The van der Waals surface area contributed by atoms with Gasteiger partial charge in [0.1, 0.15) is 0 Å². The van der Waals surface area contributed by atoms with Crippen LogP contribution in [0.5, 0.6) is 0 Å². The van der Waals surface area contributed by atoms with Gasteiger partial charge in [-0.2, -0.15) is 0 Å². The molecule has 0 atom stereocenters. The summed E-state index contributed by atoms with van der Waals surface area (Å²) in [4.78, 5) is 26.7. The Kier molecular flexibility index (Phi) is 4.92. The van der Waals surface area contributed by atoms with Gasteiger partial charge in [-0.3, -0.25) is 4.57 Å². The Labute approximate surface area is 147 Å². The summed E-state index contributed by atoms with van der Waals surface area (Å²) >= 11 is 11.7. The van der Waals surface area contributed by atoms with Crippen molar-refractivity contribution >= 4 is 40.2 Å². The Hall–Kier alpha value is -2.24. The smallest absolute Gasteiger partial charge is 0.338 e. The molecule has 5 nitrogen and oxygen atoms in total. The number of carbonyl (C=O) groups excluding carboxylic acids is 1. The number of rotatable bonds is 5. The number of nitrogens with zero attached hydrogens (tertiary/aromatic N) is 1. The highest BCUT2D eigenvalue weighted by molar-refractivity contribution is 6.42. The number of H-pyrrole nitrogens is 1. The van der Waals surface area contributed by atoms with Crippen LogP contribution >= 0.6 is 23.2 Å². The van der Waals surface area contributed by atoms with E-state index in [0.717, 1.165) is 11.0 Å². The van der Waals surface area contributed by atoms with E-state index >= 15 is 0 Å². The van der Waals surface area contributed by atoms with Gasteiger partial charge < -0.3 is 9.72 Å². The first-order chi connectivity index (χ1) is 11.6. The SMILES string of the molecule is O=C(OCCCn1c(=O)[nH]c2ccccc21)c1ccc(Cl)c(Cl)c1. The van der Waals surface area contributed by atoms with Crippen LogP contribution < -0.4 is 5.69 Å². The number of carbonyl (C=O) groups is 1. The predicted molar refractivity (Wildman–Crippen MR) is 93.9 cm³/mol. The molecule has 0 spiro atoms. The quantitative estimate of drug-likeness (QED) is 0.551. The number of imidazole rings is 1. The third kappa shape index (κ3) is 3.47. The molecular weight excluding hydrogens is 351 g/mol. The highest BCUT2D eigenvalue weighted by Crippen LogP contribution is 2.22.